The first-order valence-corrected chi connectivity index (χ1v) is 9.64. The normalized spacial score (nSPS) is 10.6. The van der Waals surface area contributed by atoms with Crippen molar-refractivity contribution in [1.82, 2.24) is 24.7 Å². The van der Waals surface area contributed by atoms with Crippen LogP contribution in [0.4, 0.5) is 27.4 Å². The Hall–Kier alpha value is -4.34. The number of Topliss-reactive ketones (excluding diaryl/α,β-unsaturated/α-hetero) is 1. The number of aryl methyl sites for hydroxylation is 1. The third-order valence-electron chi connectivity index (χ3n) is 4.60. The van der Waals surface area contributed by atoms with E-state index in [0.717, 1.165) is 6.20 Å². The molecule has 0 aliphatic rings. The zero-order chi connectivity index (χ0) is 22.7. The van der Waals surface area contributed by atoms with Crippen molar-refractivity contribution in [3.05, 3.63) is 66.5 Å². The third kappa shape index (κ3) is 4.38. The molecule has 0 fully saturated rings. The molecule has 1 aromatic carbocycles. The standard InChI is InChI=1S/C22H20FN7O2/c1-13(31)16-11-25-20(28-19-8-7-14(23)10-24-19)9-18(16)27-17-6-4-5-15(21(17)32-3)22-26-12-30(2)29-22/h4-12H,1-3H3,(H2,24,25,27,28). The van der Waals surface area contributed by atoms with Gasteiger partial charge in [0.05, 0.1) is 35.8 Å². The molecule has 0 spiro atoms. The number of nitrogens with zero attached hydrogens (tertiary/aromatic N) is 5. The van der Waals surface area contributed by atoms with Crippen LogP contribution in [0.15, 0.2) is 55.1 Å². The molecule has 0 radical (unpaired) electrons. The SMILES string of the molecule is COc1c(Nc2cc(Nc3ccc(F)cn3)ncc2C(C)=O)cccc1-c1ncn(C)n1. The Kier molecular flexibility index (Phi) is 5.75. The van der Waals surface area contributed by atoms with Crippen LogP contribution in [-0.4, -0.2) is 37.6 Å². The Morgan fingerprint density at radius 2 is 1.84 bits per heavy atom. The Morgan fingerprint density at radius 3 is 2.50 bits per heavy atom. The fraction of sp³-hybridized carbons (Fsp3) is 0.136. The molecule has 3 aromatic heterocycles. The summed E-state index contributed by atoms with van der Waals surface area (Å²) in [5.41, 5.74) is 2.23. The zero-order valence-corrected chi connectivity index (χ0v) is 17.6. The van der Waals surface area contributed by atoms with Crippen LogP contribution in [0.5, 0.6) is 5.75 Å². The topological polar surface area (TPSA) is 107 Å². The molecule has 0 saturated carbocycles. The van der Waals surface area contributed by atoms with E-state index in [2.05, 4.69) is 30.7 Å². The maximum absolute atomic E-state index is 13.1. The van der Waals surface area contributed by atoms with Crippen molar-refractivity contribution in [2.45, 2.75) is 6.92 Å². The lowest BCUT2D eigenvalue weighted by molar-refractivity contribution is 0.101. The summed E-state index contributed by atoms with van der Waals surface area (Å²) >= 11 is 0. The summed E-state index contributed by atoms with van der Waals surface area (Å²) in [5, 5.41) is 10.6. The molecule has 4 rings (SSSR count). The molecule has 0 atom stereocenters. The van der Waals surface area contributed by atoms with Crippen LogP contribution in [-0.2, 0) is 7.05 Å². The number of pyridine rings is 2. The lowest BCUT2D eigenvalue weighted by Gasteiger charge is -2.16. The first-order chi connectivity index (χ1) is 15.4. The summed E-state index contributed by atoms with van der Waals surface area (Å²) in [6, 6.07) is 9.98. The van der Waals surface area contributed by atoms with E-state index in [9.17, 15) is 9.18 Å². The minimum Gasteiger partial charge on any atom is -0.494 e. The van der Waals surface area contributed by atoms with Crippen LogP contribution in [0.3, 0.4) is 0 Å². The average Bonchev–Trinajstić information content (AvgIpc) is 3.21. The lowest BCUT2D eigenvalue weighted by atomic mass is 10.1. The number of methoxy groups -OCH3 is 1. The van der Waals surface area contributed by atoms with Gasteiger partial charge < -0.3 is 15.4 Å². The fourth-order valence-electron chi connectivity index (χ4n) is 3.13. The molecular weight excluding hydrogens is 413 g/mol. The predicted octanol–water partition coefficient (Wildman–Crippen LogP) is 4.11. The molecule has 0 bridgehead atoms. The molecule has 3 heterocycles. The van der Waals surface area contributed by atoms with Crippen molar-refractivity contribution in [2.24, 2.45) is 7.05 Å². The number of benzene rings is 1. The Morgan fingerprint density at radius 1 is 1.03 bits per heavy atom. The number of aromatic nitrogens is 5. The van der Waals surface area contributed by atoms with Gasteiger partial charge >= 0.3 is 0 Å². The van der Waals surface area contributed by atoms with Gasteiger partial charge in [0.1, 0.15) is 23.8 Å². The van der Waals surface area contributed by atoms with Crippen LogP contribution in [0, 0.1) is 5.82 Å². The minimum atomic E-state index is -0.438. The summed E-state index contributed by atoms with van der Waals surface area (Å²) in [6.45, 7) is 1.46. The van der Waals surface area contributed by atoms with Gasteiger partial charge in [-0.05, 0) is 31.2 Å². The van der Waals surface area contributed by atoms with Crippen molar-refractivity contribution in [2.75, 3.05) is 17.7 Å². The van der Waals surface area contributed by atoms with E-state index in [-0.39, 0.29) is 5.78 Å². The average molecular weight is 433 g/mol. The van der Waals surface area contributed by atoms with Gasteiger partial charge in [-0.15, -0.1) is 0 Å². The second-order valence-corrected chi connectivity index (χ2v) is 6.91. The molecule has 162 valence electrons. The van der Waals surface area contributed by atoms with E-state index in [1.54, 1.807) is 31.2 Å². The van der Waals surface area contributed by atoms with E-state index < -0.39 is 5.82 Å². The largest absolute Gasteiger partial charge is 0.494 e. The van der Waals surface area contributed by atoms with E-state index in [1.807, 2.05) is 18.2 Å². The highest BCUT2D eigenvalue weighted by Gasteiger charge is 2.17. The molecule has 9 nitrogen and oxygen atoms in total. The highest BCUT2D eigenvalue weighted by molar-refractivity contribution is 6.00. The summed E-state index contributed by atoms with van der Waals surface area (Å²) in [6.07, 6.45) is 4.17. The predicted molar refractivity (Wildman–Crippen MR) is 118 cm³/mol. The monoisotopic (exact) mass is 433 g/mol. The number of ether oxygens (including phenoxy) is 1. The number of ketones is 1. The maximum Gasteiger partial charge on any atom is 0.184 e. The van der Waals surface area contributed by atoms with Crippen LogP contribution in [0.2, 0.25) is 0 Å². The maximum atomic E-state index is 13.1. The summed E-state index contributed by atoms with van der Waals surface area (Å²) < 4.78 is 20.4. The zero-order valence-electron chi connectivity index (χ0n) is 17.6. The van der Waals surface area contributed by atoms with E-state index in [0.29, 0.717) is 45.7 Å². The third-order valence-corrected chi connectivity index (χ3v) is 4.60. The van der Waals surface area contributed by atoms with Crippen molar-refractivity contribution in [1.29, 1.82) is 0 Å². The minimum absolute atomic E-state index is 0.159. The second kappa shape index (κ2) is 8.80. The Balaban J connectivity index is 1.71. The van der Waals surface area contributed by atoms with Gasteiger partial charge in [0, 0.05) is 19.3 Å². The summed E-state index contributed by atoms with van der Waals surface area (Å²) in [5.74, 6) is 1.29. The molecular formula is C22H20FN7O2. The van der Waals surface area contributed by atoms with Gasteiger partial charge in [0.25, 0.3) is 0 Å². The van der Waals surface area contributed by atoms with Gasteiger partial charge in [-0.25, -0.2) is 19.3 Å². The molecule has 4 aromatic rings. The molecule has 0 saturated heterocycles. The number of hydrogen-bond acceptors (Lipinski definition) is 8. The Bertz CT molecular complexity index is 1270. The van der Waals surface area contributed by atoms with Gasteiger partial charge in [0.2, 0.25) is 0 Å². The number of halogens is 1. The van der Waals surface area contributed by atoms with E-state index >= 15 is 0 Å². The van der Waals surface area contributed by atoms with Crippen molar-refractivity contribution in [3.8, 4) is 17.1 Å². The number of rotatable bonds is 7. The number of hydrogen-bond donors (Lipinski definition) is 2. The smallest absolute Gasteiger partial charge is 0.184 e. The molecule has 10 heteroatoms. The van der Waals surface area contributed by atoms with Crippen molar-refractivity contribution < 1.29 is 13.9 Å². The molecule has 0 amide bonds. The van der Waals surface area contributed by atoms with Crippen molar-refractivity contribution in [3.63, 3.8) is 0 Å². The summed E-state index contributed by atoms with van der Waals surface area (Å²) in [7, 11) is 3.34. The van der Waals surface area contributed by atoms with Crippen LogP contribution in [0.25, 0.3) is 11.4 Å². The quantitative estimate of drug-likeness (QED) is 0.420. The first kappa shape index (κ1) is 20.9. The molecule has 0 aliphatic heterocycles. The lowest BCUT2D eigenvalue weighted by Crippen LogP contribution is -2.05. The first-order valence-electron chi connectivity index (χ1n) is 9.64. The van der Waals surface area contributed by atoms with E-state index in [1.165, 1.54) is 25.3 Å². The fourth-order valence-corrected chi connectivity index (χ4v) is 3.13. The molecule has 0 aliphatic carbocycles. The Labute approximate surface area is 183 Å². The number of carbonyl (C=O) groups excluding carboxylic acids is 1. The molecule has 0 unspecified atom stereocenters. The number of carbonyl (C=O) groups is 1. The van der Waals surface area contributed by atoms with E-state index in [4.69, 9.17) is 4.74 Å². The number of para-hydroxylation sites is 1. The van der Waals surface area contributed by atoms with Crippen molar-refractivity contribution >= 4 is 28.8 Å². The molecule has 32 heavy (non-hydrogen) atoms. The van der Waals surface area contributed by atoms with Gasteiger partial charge in [-0.3, -0.25) is 9.48 Å². The van der Waals surface area contributed by atoms with Gasteiger partial charge in [-0.2, -0.15) is 5.10 Å². The van der Waals surface area contributed by atoms with Gasteiger partial charge in [-0.1, -0.05) is 6.07 Å². The summed E-state index contributed by atoms with van der Waals surface area (Å²) in [4.78, 5) is 24.7. The molecule has 2 N–H and O–H groups in total. The van der Waals surface area contributed by atoms with Crippen LogP contribution >= 0.6 is 0 Å². The highest BCUT2D eigenvalue weighted by atomic mass is 19.1. The van der Waals surface area contributed by atoms with Crippen LogP contribution in [0.1, 0.15) is 17.3 Å². The number of nitrogens with one attached hydrogen (secondary N) is 2. The van der Waals surface area contributed by atoms with Crippen LogP contribution < -0.4 is 15.4 Å². The second-order valence-electron chi connectivity index (χ2n) is 6.91. The highest BCUT2D eigenvalue weighted by Crippen LogP contribution is 2.37. The number of anilines is 4. The van der Waals surface area contributed by atoms with Gasteiger partial charge in [0.15, 0.2) is 17.4 Å².